The van der Waals surface area contributed by atoms with Gasteiger partial charge in [0.15, 0.2) is 5.01 Å². The van der Waals surface area contributed by atoms with Gasteiger partial charge in [-0.1, -0.05) is 29.5 Å². The first kappa shape index (κ1) is 18.3. The van der Waals surface area contributed by atoms with E-state index in [0.29, 0.717) is 0 Å². The van der Waals surface area contributed by atoms with Crippen LogP contribution in [0.4, 0.5) is 16.6 Å². The van der Waals surface area contributed by atoms with Gasteiger partial charge < -0.3 is 19.4 Å². The minimum absolute atomic E-state index is 0.735. The van der Waals surface area contributed by atoms with E-state index in [1.165, 1.54) is 5.69 Å². The van der Waals surface area contributed by atoms with E-state index in [1.54, 1.807) is 17.5 Å². The van der Waals surface area contributed by atoms with Crippen LogP contribution in [0.2, 0.25) is 0 Å². The number of hydrogen-bond donors (Lipinski definition) is 0. The highest BCUT2D eigenvalue weighted by Crippen LogP contribution is 2.29. The number of ether oxygens (including phenoxy) is 1. The summed E-state index contributed by atoms with van der Waals surface area (Å²) in [7, 11) is 0. The second-order valence-corrected chi connectivity index (χ2v) is 8.02. The van der Waals surface area contributed by atoms with Gasteiger partial charge >= 0.3 is 0 Å². The molecule has 2 saturated heterocycles. The van der Waals surface area contributed by atoms with Gasteiger partial charge in [-0.15, -0.1) is 10.2 Å². The minimum Gasteiger partial charge on any atom is -0.378 e. The van der Waals surface area contributed by atoms with Crippen LogP contribution in [0, 0.1) is 0 Å². The fourth-order valence-electron chi connectivity index (χ4n) is 3.65. The van der Waals surface area contributed by atoms with Crippen LogP contribution in [-0.2, 0) is 4.74 Å². The number of para-hydroxylation sites is 1. The highest BCUT2D eigenvalue weighted by atomic mass is 32.1. The lowest BCUT2D eigenvalue weighted by atomic mass is 10.2. The molecule has 0 atom stereocenters. The third-order valence-corrected chi connectivity index (χ3v) is 6.27. The normalized spacial score (nSPS) is 17.6. The maximum absolute atomic E-state index is 5.41. The summed E-state index contributed by atoms with van der Waals surface area (Å²) < 4.78 is 5.41. The van der Waals surface area contributed by atoms with Gasteiger partial charge in [0.25, 0.3) is 0 Å². The molecule has 0 radical (unpaired) electrons. The molecule has 0 bridgehead atoms. The predicted octanol–water partition coefficient (Wildman–Crippen LogP) is 2.16. The van der Waals surface area contributed by atoms with Crippen molar-refractivity contribution in [3.05, 3.63) is 42.7 Å². The van der Waals surface area contributed by atoms with Crippen molar-refractivity contribution in [1.29, 1.82) is 0 Å². The maximum Gasteiger partial charge on any atom is 0.208 e. The second kappa shape index (κ2) is 8.30. The predicted molar refractivity (Wildman–Crippen MR) is 115 cm³/mol. The molecule has 0 N–H and O–H groups in total. The Morgan fingerprint density at radius 1 is 0.793 bits per heavy atom. The van der Waals surface area contributed by atoms with Crippen molar-refractivity contribution >= 4 is 28.0 Å². The molecule has 8 nitrogen and oxygen atoms in total. The van der Waals surface area contributed by atoms with Gasteiger partial charge in [0, 0.05) is 45.0 Å². The second-order valence-electron chi connectivity index (χ2n) is 7.06. The lowest BCUT2D eigenvalue weighted by molar-refractivity contribution is 0.122. The summed E-state index contributed by atoms with van der Waals surface area (Å²) in [6, 6.07) is 10.6. The lowest BCUT2D eigenvalue weighted by Gasteiger charge is -2.36. The van der Waals surface area contributed by atoms with Gasteiger partial charge in [-0.3, -0.25) is 4.98 Å². The third-order valence-electron chi connectivity index (χ3n) is 5.26. The molecular formula is C20H23N7OS. The average molecular weight is 410 g/mol. The van der Waals surface area contributed by atoms with E-state index < -0.39 is 0 Å². The number of rotatable bonds is 4. The van der Waals surface area contributed by atoms with Gasteiger partial charge in [0.2, 0.25) is 5.13 Å². The van der Waals surface area contributed by atoms with E-state index in [-0.39, 0.29) is 0 Å². The molecule has 0 unspecified atom stereocenters. The van der Waals surface area contributed by atoms with Gasteiger partial charge in [-0.25, -0.2) is 4.98 Å². The van der Waals surface area contributed by atoms with Crippen molar-refractivity contribution in [2.24, 2.45) is 0 Å². The topological polar surface area (TPSA) is 70.5 Å². The molecule has 29 heavy (non-hydrogen) atoms. The van der Waals surface area contributed by atoms with E-state index in [4.69, 9.17) is 9.72 Å². The lowest BCUT2D eigenvalue weighted by Crippen LogP contribution is -2.46. The summed E-state index contributed by atoms with van der Waals surface area (Å²) in [5.41, 5.74) is 2.06. The Bertz CT molecular complexity index is 937. The largest absolute Gasteiger partial charge is 0.378 e. The fraction of sp³-hybridized carbons (Fsp3) is 0.400. The van der Waals surface area contributed by atoms with E-state index in [1.807, 2.05) is 6.20 Å². The van der Waals surface area contributed by atoms with Crippen LogP contribution in [0.25, 0.3) is 10.7 Å². The maximum atomic E-state index is 5.41. The molecule has 1 aromatic carbocycles. The number of nitrogens with zero attached hydrogens (tertiary/aromatic N) is 7. The number of aromatic nitrogens is 4. The Hall–Kier alpha value is -2.78. The van der Waals surface area contributed by atoms with Crippen molar-refractivity contribution in [1.82, 2.24) is 20.2 Å². The molecule has 3 aromatic rings. The molecule has 9 heteroatoms. The zero-order chi connectivity index (χ0) is 19.5. The zero-order valence-corrected chi connectivity index (χ0v) is 17.0. The van der Waals surface area contributed by atoms with Gasteiger partial charge in [-0.05, 0) is 12.1 Å². The van der Waals surface area contributed by atoms with Crippen LogP contribution >= 0.6 is 11.3 Å². The van der Waals surface area contributed by atoms with Crippen LogP contribution < -0.4 is 14.7 Å². The number of benzene rings is 1. The van der Waals surface area contributed by atoms with E-state index in [2.05, 4.69) is 60.2 Å². The Labute approximate surface area is 173 Å². The average Bonchev–Trinajstić information content (AvgIpc) is 3.31. The zero-order valence-electron chi connectivity index (χ0n) is 16.1. The molecule has 0 amide bonds. The van der Waals surface area contributed by atoms with Crippen molar-refractivity contribution in [2.45, 2.75) is 0 Å². The molecular weight excluding hydrogens is 386 g/mol. The Morgan fingerprint density at radius 3 is 2.34 bits per heavy atom. The molecule has 2 aromatic heterocycles. The van der Waals surface area contributed by atoms with Crippen LogP contribution in [0.15, 0.2) is 42.7 Å². The summed E-state index contributed by atoms with van der Waals surface area (Å²) >= 11 is 1.56. The first-order valence-corrected chi connectivity index (χ1v) is 10.7. The van der Waals surface area contributed by atoms with Crippen molar-refractivity contribution < 1.29 is 4.74 Å². The van der Waals surface area contributed by atoms with Crippen molar-refractivity contribution in [2.75, 3.05) is 67.2 Å². The van der Waals surface area contributed by atoms with Crippen LogP contribution in [0.3, 0.4) is 0 Å². The SMILES string of the molecule is c1ccc(N2CCN(c3cncc(-c4nnc(N5CCOCC5)s4)n3)CC2)cc1. The minimum atomic E-state index is 0.735. The van der Waals surface area contributed by atoms with Crippen LogP contribution in [-0.4, -0.2) is 72.6 Å². The quantitative estimate of drug-likeness (QED) is 0.649. The van der Waals surface area contributed by atoms with E-state index >= 15 is 0 Å². The molecule has 0 aliphatic carbocycles. The molecule has 0 saturated carbocycles. The number of morpholine rings is 1. The molecule has 4 heterocycles. The molecule has 150 valence electrons. The summed E-state index contributed by atoms with van der Waals surface area (Å²) in [5, 5.41) is 10.4. The number of piperazine rings is 1. The van der Waals surface area contributed by atoms with E-state index in [0.717, 1.165) is 74.1 Å². The molecule has 5 rings (SSSR count). The molecule has 2 aliphatic heterocycles. The first-order valence-electron chi connectivity index (χ1n) is 9.90. The molecule has 2 fully saturated rings. The number of hydrogen-bond acceptors (Lipinski definition) is 9. The van der Waals surface area contributed by atoms with Gasteiger partial charge in [0.05, 0.1) is 25.6 Å². The summed E-state index contributed by atoms with van der Waals surface area (Å²) in [5.74, 6) is 0.901. The van der Waals surface area contributed by atoms with Crippen LogP contribution in [0.5, 0.6) is 0 Å². The molecule has 2 aliphatic rings. The summed E-state index contributed by atoms with van der Waals surface area (Å²) in [6.07, 6.45) is 3.61. The number of anilines is 3. The fourth-order valence-corrected chi connectivity index (χ4v) is 4.50. The monoisotopic (exact) mass is 409 g/mol. The summed E-state index contributed by atoms with van der Waals surface area (Å²) in [4.78, 5) is 16.2. The van der Waals surface area contributed by atoms with Gasteiger partial charge in [-0.2, -0.15) is 0 Å². The Balaban J connectivity index is 1.27. The third kappa shape index (κ3) is 4.01. The highest BCUT2D eigenvalue weighted by Gasteiger charge is 2.21. The van der Waals surface area contributed by atoms with Crippen LogP contribution in [0.1, 0.15) is 0 Å². The van der Waals surface area contributed by atoms with Crippen molar-refractivity contribution in [3.63, 3.8) is 0 Å². The standard InChI is InChI=1S/C20H23N7OS/c1-2-4-16(5-3-1)25-6-8-26(9-7-25)18-15-21-14-17(22-18)19-23-24-20(29-19)27-10-12-28-13-11-27/h1-5,14-15H,6-13H2. The highest BCUT2D eigenvalue weighted by molar-refractivity contribution is 7.18. The first-order chi connectivity index (χ1) is 14.4. The van der Waals surface area contributed by atoms with Gasteiger partial charge in [0.1, 0.15) is 11.5 Å². The van der Waals surface area contributed by atoms with Crippen molar-refractivity contribution in [3.8, 4) is 10.7 Å². The van der Waals surface area contributed by atoms with E-state index in [9.17, 15) is 0 Å². The Kier molecular flexibility index (Phi) is 5.23. The molecule has 0 spiro atoms. The Morgan fingerprint density at radius 2 is 1.55 bits per heavy atom. The smallest absolute Gasteiger partial charge is 0.208 e. The summed E-state index contributed by atoms with van der Waals surface area (Å²) in [6.45, 7) is 6.95.